The normalized spacial score (nSPS) is 9.85. The Kier molecular flexibility index (Phi) is 4.03. The minimum atomic E-state index is -0.388. The van der Waals surface area contributed by atoms with E-state index in [9.17, 15) is 4.79 Å². The maximum atomic E-state index is 11.3. The van der Waals surface area contributed by atoms with E-state index in [0.717, 1.165) is 5.69 Å². The maximum Gasteiger partial charge on any atom is 0.268 e. The molecule has 0 fully saturated rings. The Hall–Kier alpha value is -2.78. The molecule has 1 amide bonds. The fraction of sp³-hybridized carbons (Fsp3) is 0.143. The molecule has 0 saturated heterocycles. The van der Waals surface area contributed by atoms with E-state index in [4.69, 9.17) is 15.5 Å². The third kappa shape index (κ3) is 2.96. The molecule has 6 heteroatoms. The van der Waals surface area contributed by atoms with E-state index in [1.54, 1.807) is 18.2 Å². The molecule has 3 N–H and O–H groups in total. The third-order valence-electron chi connectivity index (χ3n) is 2.88. The van der Waals surface area contributed by atoms with Gasteiger partial charge in [0.25, 0.3) is 5.91 Å². The number of furan rings is 1. The van der Waals surface area contributed by atoms with Crippen molar-refractivity contribution in [3.63, 3.8) is 0 Å². The van der Waals surface area contributed by atoms with Crippen LogP contribution in [0.15, 0.2) is 41.0 Å². The zero-order valence-corrected chi connectivity index (χ0v) is 11.0. The van der Waals surface area contributed by atoms with Crippen molar-refractivity contribution in [1.29, 1.82) is 5.26 Å². The molecule has 1 heterocycles. The molecule has 0 bridgehead atoms. The van der Waals surface area contributed by atoms with Crippen molar-refractivity contribution in [2.75, 3.05) is 11.9 Å². The highest BCUT2D eigenvalue weighted by Crippen LogP contribution is 2.17. The molecular formula is C14H14N4O2. The van der Waals surface area contributed by atoms with Crippen LogP contribution < -0.4 is 16.2 Å². The predicted molar refractivity (Wildman–Crippen MR) is 73.6 cm³/mol. The first kappa shape index (κ1) is 13.6. The summed E-state index contributed by atoms with van der Waals surface area (Å²) >= 11 is 0. The topological polar surface area (TPSA) is 95.3 Å². The lowest BCUT2D eigenvalue weighted by atomic mass is 10.2. The SMILES string of the molecule is CN(Cc1cc(C(=O)NN)co1)c1ccc(C#N)cc1. The molecular weight excluding hydrogens is 256 g/mol. The van der Waals surface area contributed by atoms with Crippen LogP contribution in [0.3, 0.4) is 0 Å². The number of benzene rings is 1. The molecule has 102 valence electrons. The Balaban J connectivity index is 2.07. The number of hydrazine groups is 1. The Bertz CT molecular complexity index is 640. The number of hydrogen-bond donors (Lipinski definition) is 2. The minimum Gasteiger partial charge on any atom is -0.467 e. The van der Waals surface area contributed by atoms with Gasteiger partial charge in [-0.05, 0) is 30.3 Å². The number of amides is 1. The van der Waals surface area contributed by atoms with Crippen molar-refractivity contribution in [3.05, 3.63) is 53.5 Å². The molecule has 1 aromatic heterocycles. The van der Waals surface area contributed by atoms with E-state index < -0.39 is 0 Å². The third-order valence-corrected chi connectivity index (χ3v) is 2.88. The Morgan fingerprint density at radius 1 is 1.45 bits per heavy atom. The van der Waals surface area contributed by atoms with Gasteiger partial charge in [0, 0.05) is 12.7 Å². The van der Waals surface area contributed by atoms with Crippen LogP contribution >= 0.6 is 0 Å². The lowest BCUT2D eigenvalue weighted by Gasteiger charge is -2.17. The molecule has 0 aliphatic carbocycles. The summed E-state index contributed by atoms with van der Waals surface area (Å²) in [7, 11) is 1.90. The van der Waals surface area contributed by atoms with E-state index in [1.165, 1.54) is 6.26 Å². The smallest absolute Gasteiger partial charge is 0.268 e. The van der Waals surface area contributed by atoms with Gasteiger partial charge in [-0.25, -0.2) is 5.84 Å². The van der Waals surface area contributed by atoms with Gasteiger partial charge in [-0.3, -0.25) is 10.2 Å². The first-order chi connectivity index (χ1) is 9.63. The van der Waals surface area contributed by atoms with Crippen LogP contribution in [0.5, 0.6) is 0 Å². The van der Waals surface area contributed by atoms with E-state index >= 15 is 0 Å². The molecule has 0 spiro atoms. The van der Waals surface area contributed by atoms with Crippen molar-refractivity contribution < 1.29 is 9.21 Å². The Morgan fingerprint density at radius 3 is 2.75 bits per heavy atom. The van der Waals surface area contributed by atoms with Gasteiger partial charge in [0.05, 0.1) is 23.7 Å². The number of nitrogens with zero attached hydrogens (tertiary/aromatic N) is 2. The van der Waals surface area contributed by atoms with Gasteiger partial charge in [-0.1, -0.05) is 0 Å². The molecule has 1 aromatic carbocycles. The highest BCUT2D eigenvalue weighted by Gasteiger charge is 2.10. The van der Waals surface area contributed by atoms with Gasteiger partial charge in [-0.15, -0.1) is 0 Å². The van der Waals surface area contributed by atoms with E-state index in [2.05, 4.69) is 6.07 Å². The zero-order valence-electron chi connectivity index (χ0n) is 11.0. The van der Waals surface area contributed by atoms with Crippen LogP contribution in [-0.4, -0.2) is 13.0 Å². The Morgan fingerprint density at radius 2 is 2.15 bits per heavy atom. The predicted octanol–water partition coefficient (Wildman–Crippen LogP) is 1.39. The number of carbonyl (C=O) groups excluding carboxylic acids is 1. The molecule has 0 radical (unpaired) electrons. The summed E-state index contributed by atoms with van der Waals surface area (Å²) < 4.78 is 5.31. The highest BCUT2D eigenvalue weighted by atomic mass is 16.3. The molecule has 6 nitrogen and oxygen atoms in total. The van der Waals surface area contributed by atoms with Gasteiger partial charge >= 0.3 is 0 Å². The minimum absolute atomic E-state index is 0.385. The summed E-state index contributed by atoms with van der Waals surface area (Å²) in [5.74, 6) is 5.32. The number of nitriles is 1. The standard InChI is InChI=1S/C14H14N4O2/c1-18(12-4-2-10(7-15)3-5-12)8-13-6-11(9-20-13)14(19)17-16/h2-6,9H,8,16H2,1H3,(H,17,19). The number of nitrogen functional groups attached to an aromatic ring is 1. The van der Waals surface area contributed by atoms with Gasteiger partial charge in [0.15, 0.2) is 0 Å². The van der Waals surface area contributed by atoms with Crippen molar-refractivity contribution >= 4 is 11.6 Å². The number of hydrogen-bond acceptors (Lipinski definition) is 5. The molecule has 0 aliphatic heterocycles. The summed E-state index contributed by atoms with van der Waals surface area (Å²) in [6, 6.07) is 10.9. The van der Waals surface area contributed by atoms with Gasteiger partial charge in [0.2, 0.25) is 0 Å². The summed E-state index contributed by atoms with van der Waals surface area (Å²) in [6.07, 6.45) is 1.37. The van der Waals surface area contributed by atoms with Crippen LogP contribution in [0.25, 0.3) is 0 Å². The second kappa shape index (κ2) is 5.91. The number of nitrogens with one attached hydrogen (secondary N) is 1. The quantitative estimate of drug-likeness (QED) is 0.497. The number of nitrogens with two attached hydrogens (primary N) is 1. The molecule has 0 aliphatic rings. The van der Waals surface area contributed by atoms with Crippen molar-refractivity contribution in [2.24, 2.45) is 5.84 Å². The summed E-state index contributed by atoms with van der Waals surface area (Å²) in [5.41, 5.74) is 4.00. The largest absolute Gasteiger partial charge is 0.467 e. The van der Waals surface area contributed by atoms with Crippen LogP contribution in [0.2, 0.25) is 0 Å². The average molecular weight is 270 g/mol. The van der Waals surface area contributed by atoms with Gasteiger partial charge in [-0.2, -0.15) is 5.26 Å². The van der Waals surface area contributed by atoms with E-state index in [-0.39, 0.29) is 5.91 Å². The summed E-state index contributed by atoms with van der Waals surface area (Å²) in [4.78, 5) is 13.3. The fourth-order valence-electron chi connectivity index (χ4n) is 1.78. The molecule has 2 aromatic rings. The zero-order chi connectivity index (χ0) is 14.5. The maximum absolute atomic E-state index is 11.3. The summed E-state index contributed by atoms with van der Waals surface area (Å²) in [5, 5.41) is 8.75. The first-order valence-electron chi connectivity index (χ1n) is 5.93. The summed E-state index contributed by atoms with van der Waals surface area (Å²) in [6.45, 7) is 0.504. The van der Waals surface area contributed by atoms with Crippen LogP contribution in [0, 0.1) is 11.3 Å². The van der Waals surface area contributed by atoms with Crippen LogP contribution in [0.4, 0.5) is 5.69 Å². The molecule has 2 rings (SSSR count). The average Bonchev–Trinajstić information content (AvgIpc) is 2.95. The molecule has 20 heavy (non-hydrogen) atoms. The van der Waals surface area contributed by atoms with Gasteiger partial charge < -0.3 is 9.32 Å². The molecule has 0 unspecified atom stereocenters. The van der Waals surface area contributed by atoms with E-state index in [0.29, 0.717) is 23.4 Å². The lowest BCUT2D eigenvalue weighted by Crippen LogP contribution is -2.29. The van der Waals surface area contributed by atoms with Crippen molar-refractivity contribution in [3.8, 4) is 6.07 Å². The fourth-order valence-corrected chi connectivity index (χ4v) is 1.78. The van der Waals surface area contributed by atoms with Crippen LogP contribution in [0.1, 0.15) is 21.7 Å². The Labute approximate surface area is 116 Å². The number of rotatable bonds is 4. The van der Waals surface area contributed by atoms with E-state index in [1.807, 2.05) is 29.5 Å². The first-order valence-corrected chi connectivity index (χ1v) is 5.93. The molecule has 0 atom stereocenters. The highest BCUT2D eigenvalue weighted by molar-refractivity contribution is 5.93. The lowest BCUT2D eigenvalue weighted by molar-refractivity contribution is 0.0953. The molecule has 0 saturated carbocycles. The van der Waals surface area contributed by atoms with Crippen LogP contribution in [-0.2, 0) is 6.54 Å². The van der Waals surface area contributed by atoms with Crippen molar-refractivity contribution in [1.82, 2.24) is 5.43 Å². The number of carbonyl (C=O) groups is 1. The van der Waals surface area contributed by atoms with Crippen molar-refractivity contribution in [2.45, 2.75) is 6.54 Å². The van der Waals surface area contributed by atoms with Gasteiger partial charge in [0.1, 0.15) is 12.0 Å². The monoisotopic (exact) mass is 270 g/mol. The number of anilines is 1. The second-order valence-corrected chi connectivity index (χ2v) is 4.29. The second-order valence-electron chi connectivity index (χ2n) is 4.29.